The summed E-state index contributed by atoms with van der Waals surface area (Å²) in [6.07, 6.45) is 2.66. The molecule has 0 aliphatic carbocycles. The molecule has 78 valence electrons. The molecule has 0 saturated carbocycles. The van der Waals surface area contributed by atoms with Gasteiger partial charge in [-0.3, -0.25) is 0 Å². The molecule has 1 atom stereocenters. The molecular weight excluding hydrogens is 182 g/mol. The minimum Gasteiger partial charge on any atom is -0.381 e. The number of nitrogens with zero attached hydrogens (tertiary/aromatic N) is 2. The van der Waals surface area contributed by atoms with Gasteiger partial charge in [0.2, 0.25) is 5.89 Å². The smallest absolute Gasteiger partial charge is 0.226 e. The number of aromatic nitrogens is 2. The van der Waals surface area contributed by atoms with Crippen LogP contribution in [0.5, 0.6) is 0 Å². The Morgan fingerprint density at radius 1 is 1.50 bits per heavy atom. The van der Waals surface area contributed by atoms with E-state index in [-0.39, 0.29) is 0 Å². The minimum absolute atomic E-state index is 0.324. The highest BCUT2D eigenvalue weighted by atomic mass is 16.5. The Morgan fingerprint density at radius 2 is 2.43 bits per heavy atom. The maximum atomic E-state index is 5.40. The largest absolute Gasteiger partial charge is 0.381 e. The Labute approximate surface area is 82.6 Å². The Hall–Kier alpha value is -0.940. The maximum Gasteiger partial charge on any atom is 0.226 e. The third kappa shape index (κ3) is 2.10. The van der Waals surface area contributed by atoms with E-state index < -0.39 is 0 Å². The first-order chi connectivity index (χ1) is 6.90. The second kappa shape index (κ2) is 4.52. The van der Waals surface area contributed by atoms with Gasteiger partial charge in [0.15, 0.2) is 5.82 Å². The first-order valence-electron chi connectivity index (χ1n) is 5.00. The summed E-state index contributed by atoms with van der Waals surface area (Å²) in [6, 6.07) is 0. The molecule has 1 fully saturated rings. The van der Waals surface area contributed by atoms with E-state index in [2.05, 4.69) is 10.1 Å². The molecule has 0 radical (unpaired) electrons. The second-order valence-electron chi connectivity index (χ2n) is 3.50. The van der Waals surface area contributed by atoms with Crippen LogP contribution in [0.4, 0.5) is 0 Å². The summed E-state index contributed by atoms with van der Waals surface area (Å²) in [6.45, 7) is 2.18. The lowest BCUT2D eigenvalue weighted by Gasteiger charge is -1.97. The van der Waals surface area contributed by atoms with Gasteiger partial charge in [0.25, 0.3) is 0 Å². The topological polar surface area (TPSA) is 74.2 Å². The lowest BCUT2D eigenvalue weighted by molar-refractivity contribution is 0.192. The predicted octanol–water partition coefficient (Wildman–Crippen LogP) is 0.465. The van der Waals surface area contributed by atoms with Crippen LogP contribution in [-0.4, -0.2) is 29.9 Å². The van der Waals surface area contributed by atoms with Crippen molar-refractivity contribution < 1.29 is 9.26 Å². The summed E-state index contributed by atoms with van der Waals surface area (Å²) in [5, 5.41) is 3.94. The van der Waals surface area contributed by atoms with Crippen LogP contribution in [0.2, 0.25) is 0 Å². The third-order valence-corrected chi connectivity index (χ3v) is 2.37. The van der Waals surface area contributed by atoms with Gasteiger partial charge in [-0.25, -0.2) is 0 Å². The molecule has 1 unspecified atom stereocenters. The number of hydrogen-bond donors (Lipinski definition) is 1. The molecule has 5 heteroatoms. The molecule has 5 nitrogen and oxygen atoms in total. The zero-order valence-electron chi connectivity index (χ0n) is 8.11. The van der Waals surface area contributed by atoms with Crippen LogP contribution < -0.4 is 5.73 Å². The lowest BCUT2D eigenvalue weighted by atomic mass is 10.1. The lowest BCUT2D eigenvalue weighted by Crippen LogP contribution is -2.02. The molecule has 1 aliphatic heterocycles. The molecule has 1 saturated heterocycles. The van der Waals surface area contributed by atoms with E-state index in [1.807, 2.05) is 0 Å². The zero-order chi connectivity index (χ0) is 9.80. The summed E-state index contributed by atoms with van der Waals surface area (Å²) in [7, 11) is 0. The monoisotopic (exact) mass is 197 g/mol. The minimum atomic E-state index is 0.324. The fourth-order valence-electron chi connectivity index (χ4n) is 1.53. The first-order valence-corrected chi connectivity index (χ1v) is 5.00. The number of ether oxygens (including phenoxy) is 1. The van der Waals surface area contributed by atoms with Gasteiger partial charge < -0.3 is 15.0 Å². The number of nitrogens with two attached hydrogens (primary N) is 1. The molecule has 2 N–H and O–H groups in total. The SMILES string of the molecule is NCCCc1nc(C2CCOC2)no1. The van der Waals surface area contributed by atoms with E-state index in [0.29, 0.717) is 18.4 Å². The van der Waals surface area contributed by atoms with E-state index in [4.69, 9.17) is 15.0 Å². The van der Waals surface area contributed by atoms with Gasteiger partial charge in [-0.05, 0) is 19.4 Å². The normalized spacial score (nSPS) is 21.6. The average molecular weight is 197 g/mol. The molecule has 2 heterocycles. The molecule has 1 aromatic rings. The summed E-state index contributed by atoms with van der Waals surface area (Å²) in [4.78, 5) is 4.32. The van der Waals surface area contributed by atoms with Gasteiger partial charge in [0.1, 0.15) is 0 Å². The van der Waals surface area contributed by atoms with Gasteiger partial charge >= 0.3 is 0 Å². The van der Waals surface area contributed by atoms with E-state index >= 15 is 0 Å². The Balaban J connectivity index is 1.94. The van der Waals surface area contributed by atoms with E-state index in [1.54, 1.807) is 0 Å². The van der Waals surface area contributed by atoms with Crippen LogP contribution in [0.3, 0.4) is 0 Å². The van der Waals surface area contributed by atoms with E-state index in [0.717, 1.165) is 38.3 Å². The molecule has 1 aliphatic rings. The first kappa shape index (κ1) is 9.61. The fraction of sp³-hybridized carbons (Fsp3) is 0.778. The Morgan fingerprint density at radius 3 is 3.14 bits per heavy atom. The Kier molecular flexibility index (Phi) is 3.10. The summed E-state index contributed by atoms with van der Waals surface area (Å²) >= 11 is 0. The van der Waals surface area contributed by atoms with Gasteiger partial charge in [-0.2, -0.15) is 4.98 Å². The molecular formula is C9H15N3O2. The summed E-state index contributed by atoms with van der Waals surface area (Å²) in [5.41, 5.74) is 5.40. The van der Waals surface area contributed by atoms with Crippen molar-refractivity contribution in [3.8, 4) is 0 Å². The predicted molar refractivity (Wildman–Crippen MR) is 49.9 cm³/mol. The Bertz CT molecular complexity index is 281. The van der Waals surface area contributed by atoms with Crippen LogP contribution in [0.15, 0.2) is 4.52 Å². The van der Waals surface area contributed by atoms with Crippen molar-refractivity contribution in [2.24, 2.45) is 5.73 Å². The van der Waals surface area contributed by atoms with Crippen molar-refractivity contribution >= 4 is 0 Å². The van der Waals surface area contributed by atoms with Gasteiger partial charge in [0, 0.05) is 18.9 Å². The van der Waals surface area contributed by atoms with E-state index in [1.165, 1.54) is 0 Å². The standard InChI is InChI=1S/C9H15N3O2/c10-4-1-2-8-11-9(12-14-8)7-3-5-13-6-7/h7H,1-6,10H2. The molecule has 0 spiro atoms. The van der Waals surface area contributed by atoms with Crippen molar-refractivity contribution in [1.29, 1.82) is 0 Å². The van der Waals surface area contributed by atoms with Crippen molar-refractivity contribution in [2.75, 3.05) is 19.8 Å². The number of hydrogen-bond acceptors (Lipinski definition) is 5. The van der Waals surface area contributed by atoms with Crippen LogP contribution in [0.25, 0.3) is 0 Å². The van der Waals surface area contributed by atoms with Crippen molar-refractivity contribution in [3.63, 3.8) is 0 Å². The average Bonchev–Trinajstić information content (AvgIpc) is 2.85. The van der Waals surface area contributed by atoms with Gasteiger partial charge in [-0.15, -0.1) is 0 Å². The zero-order valence-corrected chi connectivity index (χ0v) is 8.11. The number of rotatable bonds is 4. The second-order valence-corrected chi connectivity index (χ2v) is 3.50. The third-order valence-electron chi connectivity index (χ3n) is 2.37. The van der Waals surface area contributed by atoms with Crippen molar-refractivity contribution in [1.82, 2.24) is 10.1 Å². The van der Waals surface area contributed by atoms with Crippen LogP contribution in [0, 0.1) is 0 Å². The van der Waals surface area contributed by atoms with Crippen molar-refractivity contribution in [2.45, 2.75) is 25.2 Å². The van der Waals surface area contributed by atoms with Crippen LogP contribution in [0.1, 0.15) is 30.5 Å². The molecule has 1 aromatic heterocycles. The quantitative estimate of drug-likeness (QED) is 0.759. The van der Waals surface area contributed by atoms with Crippen molar-refractivity contribution in [3.05, 3.63) is 11.7 Å². The highest BCUT2D eigenvalue weighted by Gasteiger charge is 2.22. The summed E-state index contributed by atoms with van der Waals surface area (Å²) < 4.78 is 10.4. The molecule has 0 bridgehead atoms. The van der Waals surface area contributed by atoms with Crippen LogP contribution >= 0.6 is 0 Å². The van der Waals surface area contributed by atoms with Gasteiger partial charge in [0.05, 0.1) is 6.61 Å². The highest BCUT2D eigenvalue weighted by molar-refractivity contribution is 4.97. The van der Waals surface area contributed by atoms with Crippen LogP contribution in [-0.2, 0) is 11.2 Å². The van der Waals surface area contributed by atoms with Gasteiger partial charge in [-0.1, -0.05) is 5.16 Å². The van der Waals surface area contributed by atoms with E-state index in [9.17, 15) is 0 Å². The maximum absolute atomic E-state index is 5.40. The molecule has 2 rings (SSSR count). The molecule has 14 heavy (non-hydrogen) atoms. The summed E-state index contributed by atoms with van der Waals surface area (Å²) in [5.74, 6) is 1.80. The highest BCUT2D eigenvalue weighted by Crippen LogP contribution is 2.22. The number of aryl methyl sites for hydroxylation is 1. The fourth-order valence-corrected chi connectivity index (χ4v) is 1.53. The molecule has 0 amide bonds. The molecule has 0 aromatic carbocycles.